The van der Waals surface area contributed by atoms with E-state index < -0.39 is 12.1 Å². The number of ether oxygens (including phenoxy) is 2. The molecule has 0 radical (unpaired) electrons. The zero-order valence-corrected chi connectivity index (χ0v) is 18.1. The van der Waals surface area contributed by atoms with E-state index in [2.05, 4.69) is 41.4 Å². The van der Waals surface area contributed by atoms with Crippen LogP contribution in [0.5, 0.6) is 5.75 Å². The fourth-order valence-corrected chi connectivity index (χ4v) is 3.99. The number of carboxylic acid groups (broad SMARTS) is 1. The minimum Gasteiger partial charge on any atom is -0.496 e. The quantitative estimate of drug-likeness (QED) is 0.429. The molecule has 6 heteroatoms. The summed E-state index contributed by atoms with van der Waals surface area (Å²) in [5.74, 6) is 5.12. The maximum absolute atomic E-state index is 12.2. The number of aromatic carboxylic acids is 1. The Bertz CT molecular complexity index is 1210. The van der Waals surface area contributed by atoms with Crippen LogP contribution in [0.3, 0.4) is 0 Å². The van der Waals surface area contributed by atoms with Crippen molar-refractivity contribution in [3.05, 3.63) is 89.0 Å². The van der Waals surface area contributed by atoms with Gasteiger partial charge in [-0.25, -0.2) is 9.59 Å². The lowest BCUT2D eigenvalue weighted by atomic mass is 9.98. The second kappa shape index (κ2) is 9.92. The maximum Gasteiger partial charge on any atom is 0.407 e. The highest BCUT2D eigenvalue weighted by molar-refractivity contribution is 5.91. The second-order valence-corrected chi connectivity index (χ2v) is 7.52. The van der Waals surface area contributed by atoms with Crippen LogP contribution in [0.4, 0.5) is 4.79 Å². The number of hydrogen-bond acceptors (Lipinski definition) is 4. The maximum atomic E-state index is 12.2. The van der Waals surface area contributed by atoms with Gasteiger partial charge in [-0.2, -0.15) is 0 Å². The lowest BCUT2D eigenvalue weighted by molar-refractivity contribution is 0.0693. The first-order valence-corrected chi connectivity index (χ1v) is 10.6. The number of fused-ring (bicyclic) bond motifs is 3. The van der Waals surface area contributed by atoms with Crippen LogP contribution in [0.2, 0.25) is 0 Å². The van der Waals surface area contributed by atoms with Crippen LogP contribution in [0, 0.1) is 11.8 Å². The number of carbonyl (C=O) groups is 2. The summed E-state index contributed by atoms with van der Waals surface area (Å²) in [6, 6.07) is 21.0. The SMILES string of the molecule is COc1cc(C#CCCNC(=O)OCC2c3ccccc3-c3ccccc32)ccc1C(=O)O. The smallest absolute Gasteiger partial charge is 0.407 e. The predicted octanol–water partition coefficient (Wildman–Crippen LogP) is 4.67. The molecule has 166 valence electrons. The Labute approximate surface area is 192 Å². The summed E-state index contributed by atoms with van der Waals surface area (Å²) in [6.45, 7) is 0.606. The van der Waals surface area contributed by atoms with E-state index in [1.54, 1.807) is 12.1 Å². The molecule has 0 unspecified atom stereocenters. The Hall–Kier alpha value is -4.24. The van der Waals surface area contributed by atoms with Crippen molar-refractivity contribution in [1.82, 2.24) is 5.32 Å². The summed E-state index contributed by atoms with van der Waals surface area (Å²) < 4.78 is 10.6. The summed E-state index contributed by atoms with van der Waals surface area (Å²) in [4.78, 5) is 23.3. The summed E-state index contributed by atoms with van der Waals surface area (Å²) in [5.41, 5.74) is 5.43. The van der Waals surface area contributed by atoms with Crippen LogP contribution < -0.4 is 10.1 Å². The first-order chi connectivity index (χ1) is 16.1. The predicted molar refractivity (Wildman–Crippen MR) is 125 cm³/mol. The van der Waals surface area contributed by atoms with Gasteiger partial charge in [-0.3, -0.25) is 0 Å². The van der Waals surface area contributed by atoms with Gasteiger partial charge in [-0.1, -0.05) is 60.4 Å². The number of amides is 1. The molecule has 1 aliphatic carbocycles. The Balaban J connectivity index is 1.28. The van der Waals surface area contributed by atoms with E-state index in [-0.39, 0.29) is 23.8 Å². The number of hydrogen-bond donors (Lipinski definition) is 2. The molecule has 3 aromatic rings. The van der Waals surface area contributed by atoms with Crippen LogP contribution in [-0.4, -0.2) is 37.4 Å². The lowest BCUT2D eigenvalue weighted by Gasteiger charge is -2.14. The number of rotatable bonds is 6. The largest absolute Gasteiger partial charge is 0.496 e. The molecule has 4 rings (SSSR count). The lowest BCUT2D eigenvalue weighted by Crippen LogP contribution is -2.26. The van der Waals surface area contributed by atoms with Crippen LogP contribution in [-0.2, 0) is 4.74 Å². The third-order valence-electron chi connectivity index (χ3n) is 5.53. The van der Waals surface area contributed by atoms with Crippen molar-refractivity contribution >= 4 is 12.1 Å². The number of carbonyl (C=O) groups excluding carboxylic acids is 1. The molecule has 0 spiro atoms. The standard InChI is InChI=1S/C27H23NO5/c1-32-25-16-18(13-14-23(25)26(29)30)8-6-7-15-28-27(31)33-17-24-21-11-4-2-9-19(21)20-10-3-5-12-22(20)24/h2-5,9-14,16,24H,7,15,17H2,1H3,(H,28,31)(H,29,30). The highest BCUT2D eigenvalue weighted by Gasteiger charge is 2.28. The highest BCUT2D eigenvalue weighted by atomic mass is 16.5. The third kappa shape index (κ3) is 4.83. The van der Waals surface area contributed by atoms with Crippen LogP contribution >= 0.6 is 0 Å². The number of methoxy groups -OCH3 is 1. The molecule has 1 amide bonds. The Morgan fingerprint density at radius 2 is 1.67 bits per heavy atom. The fourth-order valence-electron chi connectivity index (χ4n) is 3.99. The Morgan fingerprint density at radius 3 is 2.30 bits per heavy atom. The highest BCUT2D eigenvalue weighted by Crippen LogP contribution is 2.44. The minimum absolute atomic E-state index is 0.0201. The van der Waals surface area contributed by atoms with Crippen molar-refractivity contribution in [3.63, 3.8) is 0 Å². The van der Waals surface area contributed by atoms with E-state index in [0.717, 1.165) is 0 Å². The molecule has 0 aromatic heterocycles. The monoisotopic (exact) mass is 441 g/mol. The Morgan fingerprint density at radius 1 is 1.00 bits per heavy atom. The average Bonchev–Trinajstić information content (AvgIpc) is 3.16. The van der Waals surface area contributed by atoms with Crippen LogP contribution in [0.25, 0.3) is 11.1 Å². The van der Waals surface area contributed by atoms with E-state index in [0.29, 0.717) is 18.5 Å². The first-order valence-electron chi connectivity index (χ1n) is 10.6. The number of carboxylic acids is 1. The van der Waals surface area contributed by atoms with Crippen molar-refractivity contribution in [2.45, 2.75) is 12.3 Å². The normalized spacial score (nSPS) is 11.5. The van der Waals surface area contributed by atoms with Crippen molar-refractivity contribution in [2.75, 3.05) is 20.3 Å². The average molecular weight is 441 g/mol. The molecule has 2 N–H and O–H groups in total. The van der Waals surface area contributed by atoms with Gasteiger partial charge >= 0.3 is 12.1 Å². The number of nitrogens with one attached hydrogen (secondary N) is 1. The molecule has 0 aliphatic heterocycles. The molecular weight excluding hydrogens is 418 g/mol. The van der Waals surface area contributed by atoms with Gasteiger partial charge < -0.3 is 19.9 Å². The van der Waals surface area contributed by atoms with Crippen molar-refractivity contribution in [3.8, 4) is 28.7 Å². The molecule has 0 heterocycles. The molecule has 0 atom stereocenters. The van der Waals surface area contributed by atoms with E-state index >= 15 is 0 Å². The molecule has 33 heavy (non-hydrogen) atoms. The van der Waals surface area contributed by atoms with Crippen LogP contribution in [0.1, 0.15) is 39.4 Å². The summed E-state index contributed by atoms with van der Waals surface area (Å²) >= 11 is 0. The van der Waals surface area contributed by atoms with Crippen molar-refractivity contribution in [2.24, 2.45) is 0 Å². The van der Waals surface area contributed by atoms with Gasteiger partial charge in [-0.05, 0) is 40.5 Å². The topological polar surface area (TPSA) is 84.9 Å². The number of benzene rings is 3. The van der Waals surface area contributed by atoms with Gasteiger partial charge in [0, 0.05) is 24.4 Å². The molecule has 0 saturated heterocycles. The molecule has 1 aliphatic rings. The van der Waals surface area contributed by atoms with Gasteiger partial charge in [-0.15, -0.1) is 0 Å². The molecule has 0 fully saturated rings. The van der Waals surface area contributed by atoms with E-state index in [1.165, 1.54) is 35.4 Å². The van der Waals surface area contributed by atoms with Crippen molar-refractivity contribution in [1.29, 1.82) is 0 Å². The van der Waals surface area contributed by atoms with Crippen LogP contribution in [0.15, 0.2) is 66.7 Å². The Kier molecular flexibility index (Phi) is 6.61. The molecule has 6 nitrogen and oxygen atoms in total. The third-order valence-corrected chi connectivity index (χ3v) is 5.53. The van der Waals surface area contributed by atoms with E-state index in [9.17, 15) is 9.59 Å². The molecule has 0 saturated carbocycles. The van der Waals surface area contributed by atoms with Crippen molar-refractivity contribution < 1.29 is 24.2 Å². The fraction of sp³-hybridized carbons (Fsp3) is 0.185. The van der Waals surface area contributed by atoms with Gasteiger partial charge in [0.1, 0.15) is 17.9 Å². The van der Waals surface area contributed by atoms with E-state index in [1.807, 2.05) is 24.3 Å². The van der Waals surface area contributed by atoms with E-state index in [4.69, 9.17) is 14.6 Å². The zero-order valence-electron chi connectivity index (χ0n) is 18.1. The van der Waals surface area contributed by atoms with Gasteiger partial charge in [0.25, 0.3) is 0 Å². The molecule has 0 bridgehead atoms. The molecular formula is C27H23NO5. The summed E-state index contributed by atoms with van der Waals surface area (Å²) in [7, 11) is 1.41. The minimum atomic E-state index is -1.06. The van der Waals surface area contributed by atoms with Gasteiger partial charge in [0.05, 0.1) is 7.11 Å². The zero-order chi connectivity index (χ0) is 23.2. The number of alkyl carbamates (subject to hydrolysis) is 1. The summed E-state index contributed by atoms with van der Waals surface area (Å²) in [6.07, 6.45) is -0.0566. The second-order valence-electron chi connectivity index (χ2n) is 7.52. The molecule has 3 aromatic carbocycles. The summed E-state index contributed by atoms with van der Waals surface area (Å²) in [5, 5.41) is 11.8. The van der Waals surface area contributed by atoms with Gasteiger partial charge in [0.2, 0.25) is 0 Å². The van der Waals surface area contributed by atoms with Gasteiger partial charge in [0.15, 0.2) is 0 Å². The first kappa shape index (κ1) is 22.0.